The van der Waals surface area contributed by atoms with Crippen molar-refractivity contribution in [3.05, 3.63) is 22.7 Å². The largest absolute Gasteiger partial charge is 0.446 e. The van der Waals surface area contributed by atoms with E-state index in [1.807, 2.05) is 0 Å². The highest BCUT2D eigenvalue weighted by atomic mass is 35.5. The van der Waals surface area contributed by atoms with Crippen LogP contribution >= 0.6 is 11.6 Å². The molecule has 15 heavy (non-hydrogen) atoms. The summed E-state index contributed by atoms with van der Waals surface area (Å²) in [6, 6.07) is 0. The van der Waals surface area contributed by atoms with E-state index in [4.69, 9.17) is 21.1 Å². The van der Waals surface area contributed by atoms with E-state index in [-0.39, 0.29) is 5.28 Å². The van der Waals surface area contributed by atoms with Gasteiger partial charge in [-0.05, 0) is 11.6 Å². The molecule has 78 valence electrons. The van der Waals surface area contributed by atoms with Crippen molar-refractivity contribution in [1.82, 2.24) is 9.97 Å². The number of aromatic nitrogens is 2. The molecule has 1 spiro atoms. The van der Waals surface area contributed by atoms with Crippen LogP contribution < -0.4 is 0 Å². The van der Waals surface area contributed by atoms with E-state index in [1.165, 1.54) is 6.20 Å². The summed E-state index contributed by atoms with van der Waals surface area (Å²) in [4.78, 5) is 19.4. The van der Waals surface area contributed by atoms with Gasteiger partial charge in [-0.25, -0.2) is 14.8 Å². The molecule has 1 aromatic heterocycles. The molecular weight excluding hydrogens is 220 g/mol. The summed E-state index contributed by atoms with van der Waals surface area (Å²) in [5.74, 6) is -0.396. The van der Waals surface area contributed by atoms with Gasteiger partial charge in [-0.2, -0.15) is 0 Å². The molecule has 3 rings (SSSR count). The van der Waals surface area contributed by atoms with Gasteiger partial charge in [0.15, 0.2) is 5.60 Å². The highest BCUT2D eigenvalue weighted by molar-refractivity contribution is 6.28. The molecule has 6 heteroatoms. The van der Waals surface area contributed by atoms with Gasteiger partial charge in [0, 0.05) is 12.6 Å². The van der Waals surface area contributed by atoms with Crippen molar-refractivity contribution in [3.8, 4) is 0 Å². The number of halogens is 1. The maximum atomic E-state index is 11.5. The maximum Gasteiger partial charge on any atom is 0.342 e. The third kappa shape index (κ3) is 1.16. The second kappa shape index (κ2) is 2.90. The zero-order chi connectivity index (χ0) is 10.5. The topological polar surface area (TPSA) is 61.3 Å². The lowest BCUT2D eigenvalue weighted by atomic mass is 9.98. The van der Waals surface area contributed by atoms with Gasteiger partial charge in [0.05, 0.1) is 13.2 Å². The van der Waals surface area contributed by atoms with Crippen molar-refractivity contribution in [1.29, 1.82) is 0 Å². The minimum Gasteiger partial charge on any atom is -0.446 e. The first-order valence-electron chi connectivity index (χ1n) is 4.55. The Labute approximate surface area is 90.4 Å². The fourth-order valence-electron chi connectivity index (χ4n) is 1.95. The first-order valence-corrected chi connectivity index (χ1v) is 4.93. The number of ether oxygens (including phenoxy) is 2. The molecule has 1 saturated heterocycles. The Kier molecular flexibility index (Phi) is 1.75. The van der Waals surface area contributed by atoms with Crippen LogP contribution in [-0.4, -0.2) is 29.2 Å². The third-order valence-electron chi connectivity index (χ3n) is 2.68. The van der Waals surface area contributed by atoms with E-state index in [0.717, 1.165) is 0 Å². The Hall–Kier alpha value is -1.20. The summed E-state index contributed by atoms with van der Waals surface area (Å²) < 4.78 is 10.6. The number of hydrogen-bond acceptors (Lipinski definition) is 5. The fourth-order valence-corrected chi connectivity index (χ4v) is 2.08. The third-order valence-corrected chi connectivity index (χ3v) is 2.87. The van der Waals surface area contributed by atoms with Gasteiger partial charge >= 0.3 is 5.97 Å². The molecular formula is C9H7ClN2O3. The number of nitrogens with zero attached hydrogens (tertiary/aromatic N) is 2. The molecule has 1 aromatic rings. The zero-order valence-electron chi connectivity index (χ0n) is 7.70. The lowest BCUT2D eigenvalue weighted by molar-refractivity contribution is -0.0144. The molecule has 0 N–H and O–H groups in total. The van der Waals surface area contributed by atoms with Crippen LogP contribution in [0.1, 0.15) is 22.5 Å². The first-order chi connectivity index (χ1) is 7.21. The van der Waals surface area contributed by atoms with Crippen LogP contribution in [0.3, 0.4) is 0 Å². The molecule has 0 bridgehead atoms. The van der Waals surface area contributed by atoms with Crippen LogP contribution in [0.4, 0.5) is 0 Å². The van der Waals surface area contributed by atoms with Crippen molar-refractivity contribution >= 4 is 17.6 Å². The Morgan fingerprint density at radius 1 is 1.53 bits per heavy atom. The summed E-state index contributed by atoms with van der Waals surface area (Å²) in [7, 11) is 0. The van der Waals surface area contributed by atoms with E-state index in [2.05, 4.69) is 9.97 Å². The lowest BCUT2D eigenvalue weighted by Crippen LogP contribution is -2.27. The average molecular weight is 227 g/mol. The molecule has 0 aromatic carbocycles. The molecule has 2 aliphatic heterocycles. The van der Waals surface area contributed by atoms with E-state index < -0.39 is 11.6 Å². The van der Waals surface area contributed by atoms with Gasteiger partial charge in [0.2, 0.25) is 5.28 Å². The van der Waals surface area contributed by atoms with Crippen molar-refractivity contribution in [2.24, 2.45) is 0 Å². The highest BCUT2D eigenvalue weighted by Crippen LogP contribution is 2.41. The van der Waals surface area contributed by atoms with Crippen LogP contribution in [0, 0.1) is 0 Å². The molecule has 1 fully saturated rings. The second-order valence-electron chi connectivity index (χ2n) is 3.59. The standard InChI is InChI=1S/C9H7ClN2O3/c10-8-11-3-5-6(12-8)9(15-7(5)13)1-2-14-4-9/h3H,1-2,4H2. The van der Waals surface area contributed by atoms with Crippen molar-refractivity contribution < 1.29 is 14.3 Å². The summed E-state index contributed by atoms with van der Waals surface area (Å²) in [5, 5.41) is 0.123. The van der Waals surface area contributed by atoms with Gasteiger partial charge in [0.1, 0.15) is 11.3 Å². The molecule has 0 saturated carbocycles. The number of carbonyl (C=O) groups excluding carboxylic acids is 1. The monoisotopic (exact) mass is 226 g/mol. The Bertz CT molecular complexity index is 443. The van der Waals surface area contributed by atoms with Crippen LogP contribution in [0.5, 0.6) is 0 Å². The van der Waals surface area contributed by atoms with Gasteiger partial charge in [-0.1, -0.05) is 0 Å². The normalized spacial score (nSPS) is 28.2. The minimum atomic E-state index is -0.723. The van der Waals surface area contributed by atoms with Crippen molar-refractivity contribution in [2.45, 2.75) is 12.0 Å². The number of hydrogen-bond donors (Lipinski definition) is 0. The van der Waals surface area contributed by atoms with Crippen molar-refractivity contribution in [2.75, 3.05) is 13.2 Å². The lowest BCUT2D eigenvalue weighted by Gasteiger charge is -2.19. The SMILES string of the molecule is O=C1OC2(CCOC2)c2nc(Cl)ncc21. The number of rotatable bonds is 0. The smallest absolute Gasteiger partial charge is 0.342 e. The highest BCUT2D eigenvalue weighted by Gasteiger charge is 2.50. The number of esters is 1. The summed E-state index contributed by atoms with van der Waals surface area (Å²) >= 11 is 5.70. The summed E-state index contributed by atoms with van der Waals surface area (Å²) in [6.45, 7) is 0.910. The van der Waals surface area contributed by atoms with E-state index >= 15 is 0 Å². The molecule has 3 heterocycles. The quantitative estimate of drug-likeness (QED) is 0.486. The zero-order valence-corrected chi connectivity index (χ0v) is 8.45. The maximum absolute atomic E-state index is 11.5. The Morgan fingerprint density at radius 3 is 3.13 bits per heavy atom. The molecule has 1 atom stereocenters. The Balaban J connectivity index is 2.19. The van der Waals surface area contributed by atoms with Crippen LogP contribution in [0.2, 0.25) is 5.28 Å². The van der Waals surface area contributed by atoms with Crippen LogP contribution in [-0.2, 0) is 15.1 Å². The van der Waals surface area contributed by atoms with Gasteiger partial charge in [-0.3, -0.25) is 0 Å². The molecule has 0 radical (unpaired) electrons. The number of carbonyl (C=O) groups is 1. The summed E-state index contributed by atoms with van der Waals surface area (Å²) in [6.07, 6.45) is 2.03. The van der Waals surface area contributed by atoms with E-state index in [0.29, 0.717) is 30.9 Å². The molecule has 0 amide bonds. The fraction of sp³-hybridized carbons (Fsp3) is 0.444. The predicted molar refractivity (Wildman–Crippen MR) is 49.6 cm³/mol. The average Bonchev–Trinajstić information content (AvgIpc) is 2.76. The van der Waals surface area contributed by atoms with Gasteiger partial charge < -0.3 is 9.47 Å². The molecule has 0 aliphatic carbocycles. The molecule has 2 aliphatic rings. The first kappa shape index (κ1) is 9.06. The van der Waals surface area contributed by atoms with Crippen LogP contribution in [0.25, 0.3) is 0 Å². The van der Waals surface area contributed by atoms with Gasteiger partial charge in [-0.15, -0.1) is 0 Å². The van der Waals surface area contributed by atoms with Crippen LogP contribution in [0.15, 0.2) is 6.20 Å². The second-order valence-corrected chi connectivity index (χ2v) is 3.93. The van der Waals surface area contributed by atoms with E-state index in [1.54, 1.807) is 0 Å². The molecule has 5 nitrogen and oxygen atoms in total. The Morgan fingerprint density at radius 2 is 2.40 bits per heavy atom. The summed E-state index contributed by atoms with van der Waals surface area (Å²) in [5.41, 5.74) is 0.230. The van der Waals surface area contributed by atoms with Crippen molar-refractivity contribution in [3.63, 3.8) is 0 Å². The minimum absolute atomic E-state index is 0.123. The predicted octanol–water partition coefficient (Wildman–Crippen LogP) is 0.916. The van der Waals surface area contributed by atoms with Gasteiger partial charge in [0.25, 0.3) is 0 Å². The molecule has 1 unspecified atom stereocenters. The number of fused-ring (bicyclic) bond motifs is 2. The van der Waals surface area contributed by atoms with E-state index in [9.17, 15) is 4.79 Å².